The number of aryl methyl sites for hydroxylation is 1. The molecule has 0 saturated carbocycles. The van der Waals surface area contributed by atoms with Crippen LogP contribution in [0.5, 0.6) is 0 Å². The first-order valence-electron chi connectivity index (χ1n) is 6.98. The molecular weight excluding hydrogens is 252 g/mol. The first kappa shape index (κ1) is 12.7. The molecule has 3 rings (SSSR count). The molecule has 1 aliphatic heterocycles. The van der Waals surface area contributed by atoms with Gasteiger partial charge in [0.1, 0.15) is 0 Å². The quantitative estimate of drug-likeness (QED) is 0.925. The van der Waals surface area contributed by atoms with E-state index in [-0.39, 0.29) is 0 Å². The summed E-state index contributed by atoms with van der Waals surface area (Å²) in [4.78, 5) is 3.88. The second kappa shape index (κ2) is 5.76. The molecule has 0 saturated heterocycles. The summed E-state index contributed by atoms with van der Waals surface area (Å²) in [6, 6.07) is 13.4. The Labute approximate surface area is 118 Å². The number of rotatable bonds is 3. The molecule has 1 atom stereocenters. The molecule has 19 heavy (non-hydrogen) atoms. The van der Waals surface area contributed by atoms with Crippen molar-refractivity contribution in [1.82, 2.24) is 0 Å². The second-order valence-electron chi connectivity index (χ2n) is 5.05. The fourth-order valence-electron chi connectivity index (χ4n) is 2.92. The minimum Gasteiger partial charge on any atom is -0.362 e. The fraction of sp³-hybridized carbons (Fsp3) is 0.375. The van der Waals surface area contributed by atoms with Crippen molar-refractivity contribution in [2.24, 2.45) is 5.73 Å². The Hall–Kier alpha value is -1.32. The van der Waals surface area contributed by atoms with Crippen LogP contribution in [0.3, 0.4) is 0 Å². The van der Waals surface area contributed by atoms with Gasteiger partial charge in [-0.15, -0.1) is 11.3 Å². The Kier molecular flexibility index (Phi) is 3.85. The van der Waals surface area contributed by atoms with Crippen molar-refractivity contribution in [1.29, 1.82) is 0 Å². The standard InChI is InChI=1S/C16H20N2S/c17-12-15(16-9-5-11-19-16)18-10-4-3-7-13-6-1-2-8-14(13)18/h1-2,5-6,8-9,11,15H,3-4,7,10,12,17H2. The average molecular weight is 272 g/mol. The van der Waals surface area contributed by atoms with E-state index in [2.05, 4.69) is 46.7 Å². The van der Waals surface area contributed by atoms with Gasteiger partial charge in [0.2, 0.25) is 0 Å². The molecule has 1 aliphatic rings. The molecule has 0 spiro atoms. The number of benzene rings is 1. The Bertz CT molecular complexity index is 521. The summed E-state index contributed by atoms with van der Waals surface area (Å²) >= 11 is 1.81. The zero-order chi connectivity index (χ0) is 13.1. The van der Waals surface area contributed by atoms with Gasteiger partial charge in [0.05, 0.1) is 6.04 Å². The summed E-state index contributed by atoms with van der Waals surface area (Å²) in [5, 5.41) is 2.14. The third-order valence-electron chi connectivity index (χ3n) is 3.87. The topological polar surface area (TPSA) is 29.3 Å². The van der Waals surface area contributed by atoms with Crippen LogP contribution in [-0.2, 0) is 6.42 Å². The molecule has 2 N–H and O–H groups in total. The maximum absolute atomic E-state index is 6.07. The molecular formula is C16H20N2S. The Morgan fingerprint density at radius 2 is 2.05 bits per heavy atom. The van der Waals surface area contributed by atoms with Gasteiger partial charge in [-0.25, -0.2) is 0 Å². The minimum atomic E-state index is 0.319. The van der Waals surface area contributed by atoms with E-state index in [1.807, 2.05) is 11.3 Å². The lowest BCUT2D eigenvalue weighted by atomic mass is 10.1. The lowest BCUT2D eigenvalue weighted by molar-refractivity contribution is 0.618. The van der Waals surface area contributed by atoms with Gasteiger partial charge in [-0.2, -0.15) is 0 Å². The zero-order valence-corrected chi connectivity index (χ0v) is 11.9. The van der Waals surface area contributed by atoms with Gasteiger partial charge in [-0.1, -0.05) is 24.3 Å². The number of thiophene rings is 1. The fourth-order valence-corrected chi connectivity index (χ4v) is 3.77. The number of anilines is 1. The van der Waals surface area contributed by atoms with Gasteiger partial charge in [-0.3, -0.25) is 0 Å². The Balaban J connectivity index is 1.99. The van der Waals surface area contributed by atoms with E-state index in [0.29, 0.717) is 12.6 Å². The summed E-state index contributed by atoms with van der Waals surface area (Å²) in [5.41, 5.74) is 8.91. The first-order chi connectivity index (χ1) is 9.40. The predicted octanol–water partition coefficient (Wildman–Crippen LogP) is 3.59. The van der Waals surface area contributed by atoms with Crippen LogP contribution in [0.25, 0.3) is 0 Å². The summed E-state index contributed by atoms with van der Waals surface area (Å²) < 4.78 is 0. The van der Waals surface area contributed by atoms with Crippen LogP contribution < -0.4 is 10.6 Å². The smallest absolute Gasteiger partial charge is 0.0757 e. The van der Waals surface area contributed by atoms with Crippen molar-refractivity contribution in [3.8, 4) is 0 Å². The molecule has 1 unspecified atom stereocenters. The van der Waals surface area contributed by atoms with E-state index in [9.17, 15) is 0 Å². The van der Waals surface area contributed by atoms with Gasteiger partial charge < -0.3 is 10.6 Å². The van der Waals surface area contributed by atoms with E-state index in [0.717, 1.165) is 6.54 Å². The maximum Gasteiger partial charge on any atom is 0.0757 e. The van der Waals surface area contributed by atoms with Crippen LogP contribution in [0.1, 0.15) is 29.3 Å². The number of nitrogens with two attached hydrogens (primary N) is 1. The van der Waals surface area contributed by atoms with E-state index >= 15 is 0 Å². The van der Waals surface area contributed by atoms with Crippen LogP contribution in [-0.4, -0.2) is 13.1 Å². The molecule has 1 aromatic carbocycles. The van der Waals surface area contributed by atoms with Crippen molar-refractivity contribution in [2.45, 2.75) is 25.3 Å². The highest BCUT2D eigenvalue weighted by Crippen LogP contribution is 2.34. The van der Waals surface area contributed by atoms with Crippen LogP contribution in [0.2, 0.25) is 0 Å². The van der Waals surface area contributed by atoms with Crippen molar-refractivity contribution in [3.05, 3.63) is 52.2 Å². The number of fused-ring (bicyclic) bond motifs is 1. The van der Waals surface area contributed by atoms with E-state index in [4.69, 9.17) is 5.73 Å². The Morgan fingerprint density at radius 1 is 1.16 bits per heavy atom. The third kappa shape index (κ3) is 2.53. The lowest BCUT2D eigenvalue weighted by Gasteiger charge is -2.32. The molecule has 0 amide bonds. The second-order valence-corrected chi connectivity index (χ2v) is 6.03. The molecule has 0 bridgehead atoms. The summed E-state index contributed by atoms with van der Waals surface area (Å²) in [5.74, 6) is 0. The van der Waals surface area contributed by atoms with Crippen LogP contribution >= 0.6 is 11.3 Å². The molecule has 2 aromatic rings. The lowest BCUT2D eigenvalue weighted by Crippen LogP contribution is -2.34. The van der Waals surface area contributed by atoms with Gasteiger partial charge in [0.25, 0.3) is 0 Å². The van der Waals surface area contributed by atoms with E-state index < -0.39 is 0 Å². The minimum absolute atomic E-state index is 0.319. The van der Waals surface area contributed by atoms with Gasteiger partial charge in [0.15, 0.2) is 0 Å². The number of para-hydroxylation sites is 1. The molecule has 2 heterocycles. The summed E-state index contributed by atoms with van der Waals surface area (Å²) in [6.45, 7) is 1.78. The van der Waals surface area contributed by atoms with Gasteiger partial charge in [-0.05, 0) is 42.3 Å². The number of nitrogens with zero attached hydrogens (tertiary/aromatic N) is 1. The normalized spacial score (nSPS) is 16.8. The first-order valence-corrected chi connectivity index (χ1v) is 7.86. The molecule has 3 heteroatoms. The van der Waals surface area contributed by atoms with Crippen molar-refractivity contribution in [2.75, 3.05) is 18.0 Å². The van der Waals surface area contributed by atoms with Crippen LogP contribution in [0.15, 0.2) is 41.8 Å². The highest BCUT2D eigenvalue weighted by molar-refractivity contribution is 7.10. The Morgan fingerprint density at radius 3 is 2.84 bits per heavy atom. The molecule has 100 valence electrons. The molecule has 0 aliphatic carbocycles. The van der Waals surface area contributed by atoms with Crippen molar-refractivity contribution < 1.29 is 0 Å². The molecule has 0 fully saturated rings. The predicted molar refractivity (Wildman–Crippen MR) is 82.8 cm³/mol. The summed E-state index contributed by atoms with van der Waals surface area (Å²) in [7, 11) is 0. The van der Waals surface area contributed by atoms with E-state index in [1.54, 1.807) is 0 Å². The summed E-state index contributed by atoms with van der Waals surface area (Å²) in [6.07, 6.45) is 3.71. The average Bonchev–Trinajstić information content (AvgIpc) is 2.88. The zero-order valence-electron chi connectivity index (χ0n) is 11.1. The van der Waals surface area contributed by atoms with Crippen molar-refractivity contribution in [3.63, 3.8) is 0 Å². The van der Waals surface area contributed by atoms with E-state index in [1.165, 1.54) is 35.4 Å². The van der Waals surface area contributed by atoms with Crippen molar-refractivity contribution >= 4 is 17.0 Å². The van der Waals surface area contributed by atoms with Gasteiger partial charge >= 0.3 is 0 Å². The van der Waals surface area contributed by atoms with Crippen LogP contribution in [0, 0.1) is 0 Å². The SMILES string of the molecule is NCC(c1cccs1)N1CCCCc2ccccc21. The molecule has 1 aromatic heterocycles. The largest absolute Gasteiger partial charge is 0.362 e. The van der Waals surface area contributed by atoms with Gasteiger partial charge in [0, 0.05) is 23.7 Å². The molecule has 0 radical (unpaired) electrons. The monoisotopic (exact) mass is 272 g/mol. The highest BCUT2D eigenvalue weighted by Gasteiger charge is 2.23. The highest BCUT2D eigenvalue weighted by atomic mass is 32.1. The van der Waals surface area contributed by atoms with Crippen LogP contribution in [0.4, 0.5) is 5.69 Å². The number of hydrogen-bond acceptors (Lipinski definition) is 3. The maximum atomic E-state index is 6.07. The third-order valence-corrected chi connectivity index (χ3v) is 4.84. The number of hydrogen-bond donors (Lipinski definition) is 1. The molecule has 2 nitrogen and oxygen atoms in total.